The summed E-state index contributed by atoms with van der Waals surface area (Å²) in [5.41, 5.74) is 1.62. The van der Waals surface area contributed by atoms with Crippen LogP contribution in [0.15, 0.2) is 42.5 Å². The van der Waals surface area contributed by atoms with Gasteiger partial charge in [0.25, 0.3) is 0 Å². The van der Waals surface area contributed by atoms with Crippen molar-refractivity contribution in [3.8, 4) is 6.07 Å². The average molecular weight is 247 g/mol. The third-order valence-corrected chi connectivity index (χ3v) is 2.46. The molecule has 0 unspecified atom stereocenters. The van der Waals surface area contributed by atoms with Gasteiger partial charge in [0.15, 0.2) is 0 Å². The van der Waals surface area contributed by atoms with Crippen LogP contribution in [0.1, 0.15) is 5.56 Å². The second kappa shape index (κ2) is 4.86. The van der Waals surface area contributed by atoms with E-state index in [-0.39, 0.29) is 0 Å². The monoisotopic (exact) mass is 246 g/mol. The molecule has 84 valence electrons. The highest BCUT2D eigenvalue weighted by molar-refractivity contribution is 6.30. The second-order valence-electron chi connectivity index (χ2n) is 3.44. The van der Waals surface area contributed by atoms with Gasteiger partial charge in [0.1, 0.15) is 5.82 Å². The van der Waals surface area contributed by atoms with Crippen LogP contribution in [-0.2, 0) is 0 Å². The summed E-state index contributed by atoms with van der Waals surface area (Å²) in [4.78, 5) is 0. The number of nitrogens with one attached hydrogen (secondary N) is 1. The molecule has 2 aromatic carbocycles. The second-order valence-corrected chi connectivity index (χ2v) is 3.87. The van der Waals surface area contributed by atoms with Crippen molar-refractivity contribution in [2.75, 3.05) is 5.32 Å². The normalized spacial score (nSPS) is 9.71. The molecule has 0 aliphatic heterocycles. The lowest BCUT2D eigenvalue weighted by atomic mass is 10.2. The summed E-state index contributed by atoms with van der Waals surface area (Å²) in [7, 11) is 0. The number of rotatable bonds is 2. The van der Waals surface area contributed by atoms with Crippen LogP contribution in [0.5, 0.6) is 0 Å². The van der Waals surface area contributed by atoms with Crippen molar-refractivity contribution in [3.05, 3.63) is 58.9 Å². The lowest BCUT2D eigenvalue weighted by Crippen LogP contribution is -1.93. The Balaban J connectivity index is 2.23. The molecule has 1 N–H and O–H groups in total. The number of nitrogens with zero attached hydrogens (tertiary/aromatic N) is 1. The van der Waals surface area contributed by atoms with E-state index >= 15 is 0 Å². The van der Waals surface area contributed by atoms with Crippen molar-refractivity contribution < 1.29 is 4.39 Å². The van der Waals surface area contributed by atoms with Gasteiger partial charge in [-0.1, -0.05) is 11.6 Å². The highest BCUT2D eigenvalue weighted by Crippen LogP contribution is 2.22. The van der Waals surface area contributed by atoms with Crippen LogP contribution in [-0.4, -0.2) is 0 Å². The Morgan fingerprint density at radius 2 is 1.82 bits per heavy atom. The van der Waals surface area contributed by atoms with Gasteiger partial charge in [-0.3, -0.25) is 0 Å². The van der Waals surface area contributed by atoms with Gasteiger partial charge in [0.05, 0.1) is 17.3 Å². The van der Waals surface area contributed by atoms with Gasteiger partial charge in [-0.15, -0.1) is 0 Å². The van der Waals surface area contributed by atoms with Crippen molar-refractivity contribution in [1.82, 2.24) is 0 Å². The van der Waals surface area contributed by atoms with Crippen LogP contribution in [0.3, 0.4) is 0 Å². The van der Waals surface area contributed by atoms with Gasteiger partial charge in [-0.2, -0.15) is 5.26 Å². The van der Waals surface area contributed by atoms with E-state index in [1.165, 1.54) is 6.07 Å². The molecule has 0 aromatic heterocycles. The fourth-order valence-corrected chi connectivity index (χ4v) is 1.53. The highest BCUT2D eigenvalue weighted by atomic mass is 35.5. The molecule has 0 spiro atoms. The molecule has 2 aromatic rings. The maximum Gasteiger partial charge on any atom is 0.148 e. The highest BCUT2D eigenvalue weighted by Gasteiger charge is 2.03. The van der Waals surface area contributed by atoms with Crippen LogP contribution in [0.2, 0.25) is 5.02 Å². The summed E-state index contributed by atoms with van der Waals surface area (Å²) in [6, 6.07) is 13.2. The van der Waals surface area contributed by atoms with E-state index < -0.39 is 5.82 Å². The zero-order chi connectivity index (χ0) is 12.3. The molecule has 0 aliphatic carbocycles. The van der Waals surface area contributed by atoms with Crippen molar-refractivity contribution >= 4 is 23.0 Å². The predicted molar refractivity (Wildman–Crippen MR) is 65.8 cm³/mol. The molecule has 0 saturated heterocycles. The minimum absolute atomic E-state index is 0.346. The number of hydrogen-bond acceptors (Lipinski definition) is 2. The third kappa shape index (κ3) is 2.74. The molecule has 0 aliphatic rings. The molecule has 4 heteroatoms. The summed E-state index contributed by atoms with van der Waals surface area (Å²) in [6.45, 7) is 0. The lowest BCUT2D eigenvalue weighted by Gasteiger charge is -2.07. The number of benzene rings is 2. The van der Waals surface area contributed by atoms with Gasteiger partial charge in [-0.25, -0.2) is 4.39 Å². The molecular formula is C13H8ClFN2. The minimum atomic E-state index is -0.415. The van der Waals surface area contributed by atoms with Crippen molar-refractivity contribution in [1.29, 1.82) is 5.26 Å². The van der Waals surface area contributed by atoms with Gasteiger partial charge >= 0.3 is 0 Å². The fraction of sp³-hybridized carbons (Fsp3) is 0. The fourth-order valence-electron chi connectivity index (χ4n) is 1.37. The molecule has 0 atom stereocenters. The quantitative estimate of drug-likeness (QED) is 0.866. The molecular weight excluding hydrogens is 239 g/mol. The van der Waals surface area contributed by atoms with Crippen molar-refractivity contribution in [2.24, 2.45) is 0 Å². The maximum atomic E-state index is 13.5. The smallest absolute Gasteiger partial charge is 0.148 e. The van der Waals surface area contributed by atoms with Gasteiger partial charge < -0.3 is 5.32 Å². The van der Waals surface area contributed by atoms with Crippen LogP contribution >= 0.6 is 11.6 Å². The van der Waals surface area contributed by atoms with E-state index in [2.05, 4.69) is 5.32 Å². The topological polar surface area (TPSA) is 35.8 Å². The molecule has 0 radical (unpaired) electrons. The van der Waals surface area contributed by atoms with E-state index in [1.807, 2.05) is 6.07 Å². The average Bonchev–Trinajstić information content (AvgIpc) is 2.34. The standard InChI is InChI=1S/C13H8ClFN2/c14-10-3-6-13(12(15)7-10)17-11-4-1-9(8-16)2-5-11/h1-7,17H. The molecule has 0 fully saturated rings. The largest absolute Gasteiger partial charge is 0.353 e. The summed E-state index contributed by atoms with van der Waals surface area (Å²) in [5, 5.41) is 11.9. The summed E-state index contributed by atoms with van der Waals surface area (Å²) in [6.07, 6.45) is 0. The third-order valence-electron chi connectivity index (χ3n) is 2.22. The van der Waals surface area contributed by atoms with E-state index in [0.29, 0.717) is 22.0 Å². The Labute approximate surface area is 103 Å². The molecule has 2 rings (SSSR count). The number of anilines is 2. The van der Waals surface area contributed by atoms with Gasteiger partial charge in [-0.05, 0) is 42.5 Å². The number of halogens is 2. The van der Waals surface area contributed by atoms with E-state index in [1.54, 1.807) is 36.4 Å². The summed E-state index contributed by atoms with van der Waals surface area (Å²) in [5.74, 6) is -0.415. The summed E-state index contributed by atoms with van der Waals surface area (Å²) < 4.78 is 13.5. The zero-order valence-corrected chi connectivity index (χ0v) is 9.50. The van der Waals surface area contributed by atoms with E-state index in [9.17, 15) is 4.39 Å². The van der Waals surface area contributed by atoms with Gasteiger partial charge in [0.2, 0.25) is 0 Å². The Hall–Kier alpha value is -2.05. The SMILES string of the molecule is N#Cc1ccc(Nc2ccc(Cl)cc2F)cc1. The molecule has 0 amide bonds. The number of hydrogen-bond donors (Lipinski definition) is 1. The first-order chi connectivity index (χ1) is 8.19. The number of nitriles is 1. The first kappa shape index (κ1) is 11.4. The maximum absolute atomic E-state index is 13.5. The predicted octanol–water partition coefficient (Wildman–Crippen LogP) is 4.09. The van der Waals surface area contributed by atoms with E-state index in [4.69, 9.17) is 16.9 Å². The Kier molecular flexibility index (Phi) is 3.27. The van der Waals surface area contributed by atoms with E-state index in [0.717, 1.165) is 0 Å². The molecule has 17 heavy (non-hydrogen) atoms. The summed E-state index contributed by atoms with van der Waals surface area (Å²) >= 11 is 5.66. The molecule has 0 heterocycles. The van der Waals surface area contributed by atoms with Crippen LogP contribution < -0.4 is 5.32 Å². The first-order valence-corrected chi connectivity index (χ1v) is 5.29. The molecule has 0 saturated carbocycles. The van der Waals surface area contributed by atoms with Crippen LogP contribution in [0.4, 0.5) is 15.8 Å². The first-order valence-electron chi connectivity index (χ1n) is 4.91. The van der Waals surface area contributed by atoms with Crippen molar-refractivity contribution in [3.63, 3.8) is 0 Å². The molecule has 2 nitrogen and oxygen atoms in total. The Bertz CT molecular complexity index is 573. The molecule has 0 bridgehead atoms. The van der Waals surface area contributed by atoms with Crippen molar-refractivity contribution in [2.45, 2.75) is 0 Å². The van der Waals surface area contributed by atoms with Crippen LogP contribution in [0.25, 0.3) is 0 Å². The van der Waals surface area contributed by atoms with Gasteiger partial charge in [0, 0.05) is 10.7 Å². The Morgan fingerprint density at radius 1 is 1.12 bits per heavy atom. The van der Waals surface area contributed by atoms with Crippen LogP contribution in [0, 0.1) is 17.1 Å². The Morgan fingerprint density at radius 3 is 2.41 bits per heavy atom. The minimum Gasteiger partial charge on any atom is -0.353 e. The lowest BCUT2D eigenvalue weighted by molar-refractivity contribution is 0.632. The zero-order valence-electron chi connectivity index (χ0n) is 8.74.